The summed E-state index contributed by atoms with van der Waals surface area (Å²) in [5.74, 6) is -1.04. The molecular weight excluding hydrogens is 258 g/mol. The first kappa shape index (κ1) is 16.2. The molecule has 20 heavy (non-hydrogen) atoms. The second-order valence-electron chi connectivity index (χ2n) is 4.47. The van der Waals surface area contributed by atoms with Crippen LogP contribution in [-0.2, 0) is 14.3 Å². The Hall–Kier alpha value is -1.88. The van der Waals surface area contributed by atoms with Crippen LogP contribution < -0.4 is 4.90 Å². The zero-order chi connectivity index (χ0) is 15.0. The molecule has 0 heterocycles. The second-order valence-corrected chi connectivity index (χ2v) is 4.47. The quantitative estimate of drug-likeness (QED) is 0.741. The maximum atomic E-state index is 12.2. The predicted molar refractivity (Wildman–Crippen MR) is 76.9 cm³/mol. The van der Waals surface area contributed by atoms with Crippen LogP contribution in [0.25, 0.3) is 0 Å². The van der Waals surface area contributed by atoms with Crippen LogP contribution in [0.3, 0.4) is 0 Å². The van der Waals surface area contributed by atoms with E-state index in [9.17, 15) is 9.59 Å². The van der Waals surface area contributed by atoms with Gasteiger partial charge in [0, 0.05) is 18.8 Å². The maximum absolute atomic E-state index is 12.2. The van der Waals surface area contributed by atoms with Gasteiger partial charge >= 0.3 is 5.97 Å². The molecule has 0 aliphatic heterocycles. The van der Waals surface area contributed by atoms with E-state index < -0.39 is 5.97 Å². The van der Waals surface area contributed by atoms with Gasteiger partial charge in [-0.3, -0.25) is 9.59 Å². The van der Waals surface area contributed by atoms with Gasteiger partial charge in [-0.1, -0.05) is 17.7 Å². The van der Waals surface area contributed by atoms with Crippen LogP contribution in [0.4, 0.5) is 5.69 Å². The number of benzene rings is 1. The zero-order valence-corrected chi connectivity index (χ0v) is 12.0. The molecule has 0 aliphatic rings. The van der Waals surface area contributed by atoms with Crippen molar-refractivity contribution in [1.82, 2.24) is 0 Å². The number of amides is 1. The summed E-state index contributed by atoms with van der Waals surface area (Å²) < 4.78 is 5.17. The number of carbonyl (C=O) groups is 2. The minimum atomic E-state index is -0.917. The Morgan fingerprint density at radius 3 is 2.40 bits per heavy atom. The van der Waals surface area contributed by atoms with Gasteiger partial charge in [-0.05, 0) is 26.0 Å². The predicted octanol–water partition coefficient (Wildman–Crippen LogP) is 2.23. The van der Waals surface area contributed by atoms with Crippen LogP contribution in [-0.4, -0.2) is 36.7 Å². The normalized spacial score (nSPS) is 10.3. The summed E-state index contributed by atoms with van der Waals surface area (Å²) in [7, 11) is 0. The van der Waals surface area contributed by atoms with Crippen molar-refractivity contribution < 1.29 is 19.4 Å². The van der Waals surface area contributed by atoms with E-state index in [0.29, 0.717) is 13.2 Å². The Balaban J connectivity index is 2.75. The molecule has 1 aromatic rings. The topological polar surface area (TPSA) is 66.8 Å². The number of rotatable bonds is 8. The van der Waals surface area contributed by atoms with Gasteiger partial charge < -0.3 is 14.7 Å². The summed E-state index contributed by atoms with van der Waals surface area (Å²) in [5, 5.41) is 8.79. The number of carboxylic acid groups (broad SMARTS) is 1. The van der Waals surface area contributed by atoms with E-state index in [2.05, 4.69) is 0 Å². The molecule has 1 N–H and O–H groups in total. The summed E-state index contributed by atoms with van der Waals surface area (Å²) >= 11 is 0. The molecule has 0 saturated carbocycles. The van der Waals surface area contributed by atoms with Gasteiger partial charge in [0.1, 0.15) is 0 Å². The summed E-state index contributed by atoms with van der Waals surface area (Å²) in [6.45, 7) is 4.91. The number of aliphatic carboxylic acids is 1. The molecule has 0 fully saturated rings. The van der Waals surface area contributed by atoms with Gasteiger partial charge in [-0.25, -0.2) is 0 Å². The molecule has 0 unspecified atom stereocenters. The number of ether oxygens (including phenoxy) is 1. The molecule has 1 aromatic carbocycles. The minimum absolute atomic E-state index is 0.0751. The Kier molecular flexibility index (Phi) is 6.73. The van der Waals surface area contributed by atoms with E-state index in [0.717, 1.165) is 11.3 Å². The number of hydrogen-bond acceptors (Lipinski definition) is 3. The maximum Gasteiger partial charge on any atom is 0.305 e. The van der Waals surface area contributed by atoms with Crippen LogP contribution in [0.5, 0.6) is 0 Å². The minimum Gasteiger partial charge on any atom is -0.481 e. The highest BCUT2D eigenvalue weighted by molar-refractivity contribution is 5.93. The first-order chi connectivity index (χ1) is 9.54. The van der Waals surface area contributed by atoms with Crippen molar-refractivity contribution >= 4 is 17.6 Å². The first-order valence-electron chi connectivity index (χ1n) is 6.71. The largest absolute Gasteiger partial charge is 0.481 e. The molecule has 0 aromatic heterocycles. The average molecular weight is 279 g/mol. The smallest absolute Gasteiger partial charge is 0.305 e. The molecule has 1 amide bonds. The molecule has 110 valence electrons. The summed E-state index contributed by atoms with van der Waals surface area (Å²) in [4.78, 5) is 24.4. The van der Waals surface area contributed by atoms with Gasteiger partial charge in [0.2, 0.25) is 5.91 Å². The van der Waals surface area contributed by atoms with Crippen molar-refractivity contribution in [2.75, 3.05) is 24.7 Å². The molecule has 5 nitrogen and oxygen atoms in total. The Morgan fingerprint density at radius 2 is 1.85 bits per heavy atom. The van der Waals surface area contributed by atoms with Crippen LogP contribution in [0, 0.1) is 6.92 Å². The lowest BCUT2D eigenvalue weighted by Gasteiger charge is -2.22. The van der Waals surface area contributed by atoms with E-state index in [1.165, 1.54) is 4.90 Å². The molecule has 0 aliphatic carbocycles. The highest BCUT2D eigenvalue weighted by Gasteiger charge is 2.16. The number of carboxylic acids is 1. The van der Waals surface area contributed by atoms with E-state index in [-0.39, 0.29) is 25.3 Å². The van der Waals surface area contributed by atoms with Crippen molar-refractivity contribution in [1.29, 1.82) is 0 Å². The lowest BCUT2D eigenvalue weighted by molar-refractivity contribution is -0.136. The Morgan fingerprint density at radius 1 is 1.20 bits per heavy atom. The van der Waals surface area contributed by atoms with Crippen LogP contribution in [0.2, 0.25) is 0 Å². The number of anilines is 1. The van der Waals surface area contributed by atoms with Gasteiger partial charge in [-0.2, -0.15) is 0 Å². The van der Waals surface area contributed by atoms with Crippen molar-refractivity contribution in [2.24, 2.45) is 0 Å². The van der Waals surface area contributed by atoms with Crippen molar-refractivity contribution in [3.63, 3.8) is 0 Å². The zero-order valence-electron chi connectivity index (χ0n) is 12.0. The molecular formula is C15H21NO4. The fourth-order valence-corrected chi connectivity index (χ4v) is 1.77. The monoisotopic (exact) mass is 279 g/mol. The van der Waals surface area contributed by atoms with Gasteiger partial charge in [0.15, 0.2) is 0 Å². The standard InChI is InChI=1S/C15H21NO4/c1-3-20-11-9-14(17)16(10-8-15(18)19)13-6-4-12(2)5-7-13/h4-7H,3,8-11H2,1-2H3,(H,18,19). The molecule has 0 atom stereocenters. The number of hydrogen-bond donors (Lipinski definition) is 1. The molecule has 1 rings (SSSR count). The van der Waals surface area contributed by atoms with Gasteiger partial charge in [0.05, 0.1) is 19.4 Å². The third-order valence-corrected chi connectivity index (χ3v) is 2.86. The van der Waals surface area contributed by atoms with E-state index in [1.807, 2.05) is 38.1 Å². The number of aryl methyl sites for hydroxylation is 1. The van der Waals surface area contributed by atoms with Crippen molar-refractivity contribution in [3.05, 3.63) is 29.8 Å². The van der Waals surface area contributed by atoms with Gasteiger partial charge in [-0.15, -0.1) is 0 Å². The third kappa shape index (κ3) is 5.40. The lowest BCUT2D eigenvalue weighted by atomic mass is 10.2. The van der Waals surface area contributed by atoms with Crippen molar-refractivity contribution in [3.8, 4) is 0 Å². The Bertz CT molecular complexity index is 442. The molecule has 0 bridgehead atoms. The first-order valence-corrected chi connectivity index (χ1v) is 6.71. The second kappa shape index (κ2) is 8.32. The molecule has 0 saturated heterocycles. The van der Waals surface area contributed by atoms with Crippen LogP contribution in [0.15, 0.2) is 24.3 Å². The fraction of sp³-hybridized carbons (Fsp3) is 0.467. The SMILES string of the molecule is CCOCCC(=O)N(CCC(=O)O)c1ccc(C)cc1. The number of nitrogens with zero attached hydrogens (tertiary/aromatic N) is 1. The summed E-state index contributed by atoms with van der Waals surface area (Å²) in [6.07, 6.45) is 0.176. The van der Waals surface area contributed by atoms with Crippen LogP contribution >= 0.6 is 0 Å². The molecule has 5 heteroatoms. The number of carbonyl (C=O) groups excluding carboxylic acids is 1. The summed E-state index contributed by atoms with van der Waals surface area (Å²) in [5.41, 5.74) is 1.81. The van der Waals surface area contributed by atoms with E-state index in [4.69, 9.17) is 9.84 Å². The Labute approximate surface area is 119 Å². The highest BCUT2D eigenvalue weighted by Crippen LogP contribution is 2.16. The van der Waals surface area contributed by atoms with Gasteiger partial charge in [0.25, 0.3) is 0 Å². The fourth-order valence-electron chi connectivity index (χ4n) is 1.77. The summed E-state index contributed by atoms with van der Waals surface area (Å²) in [6, 6.07) is 7.46. The third-order valence-electron chi connectivity index (χ3n) is 2.86. The highest BCUT2D eigenvalue weighted by atomic mass is 16.5. The molecule has 0 radical (unpaired) electrons. The van der Waals surface area contributed by atoms with E-state index >= 15 is 0 Å². The average Bonchev–Trinajstić information content (AvgIpc) is 2.41. The lowest BCUT2D eigenvalue weighted by Crippen LogP contribution is -2.33. The molecule has 0 spiro atoms. The van der Waals surface area contributed by atoms with E-state index in [1.54, 1.807) is 0 Å². The van der Waals surface area contributed by atoms with Crippen molar-refractivity contribution in [2.45, 2.75) is 26.7 Å². The van der Waals surface area contributed by atoms with Crippen LogP contribution in [0.1, 0.15) is 25.3 Å².